The summed E-state index contributed by atoms with van der Waals surface area (Å²) in [5.41, 5.74) is 1.27. The maximum atomic E-state index is 5.71. The van der Waals surface area contributed by atoms with Crippen LogP contribution in [0.2, 0.25) is 0 Å². The minimum atomic E-state index is 0.347. The highest BCUT2D eigenvalue weighted by Crippen LogP contribution is 2.34. The summed E-state index contributed by atoms with van der Waals surface area (Å²) >= 11 is 0. The summed E-state index contributed by atoms with van der Waals surface area (Å²) in [6.07, 6.45) is 3.60. The smallest absolute Gasteiger partial charge is 0.225 e. The predicted molar refractivity (Wildman–Crippen MR) is 91.7 cm³/mol. The fourth-order valence-corrected chi connectivity index (χ4v) is 3.29. The van der Waals surface area contributed by atoms with Gasteiger partial charge in [0.05, 0.1) is 0 Å². The number of piperazine rings is 1. The summed E-state index contributed by atoms with van der Waals surface area (Å²) in [5.74, 6) is 2.54. The second kappa shape index (κ2) is 6.65. The van der Waals surface area contributed by atoms with E-state index in [4.69, 9.17) is 9.47 Å². The normalized spacial score (nSPS) is 19.1. The van der Waals surface area contributed by atoms with Crippen molar-refractivity contribution in [2.45, 2.75) is 13.0 Å². The molecule has 24 heavy (non-hydrogen) atoms. The third-order valence-electron chi connectivity index (χ3n) is 4.75. The minimum absolute atomic E-state index is 0.347. The first-order valence-corrected chi connectivity index (χ1v) is 8.47. The van der Waals surface area contributed by atoms with Crippen LogP contribution in [0.15, 0.2) is 36.7 Å². The quantitative estimate of drug-likeness (QED) is 0.861. The van der Waals surface area contributed by atoms with Crippen LogP contribution in [0.1, 0.15) is 18.5 Å². The van der Waals surface area contributed by atoms with E-state index in [9.17, 15) is 0 Å². The third kappa shape index (κ3) is 3.01. The van der Waals surface area contributed by atoms with Gasteiger partial charge in [-0.05, 0) is 30.7 Å². The number of aromatic nitrogens is 2. The first-order valence-electron chi connectivity index (χ1n) is 8.47. The van der Waals surface area contributed by atoms with Gasteiger partial charge in [-0.2, -0.15) is 0 Å². The lowest BCUT2D eigenvalue weighted by Gasteiger charge is -2.38. The van der Waals surface area contributed by atoms with E-state index in [1.807, 2.05) is 12.1 Å². The van der Waals surface area contributed by atoms with Crippen LogP contribution in [0.3, 0.4) is 0 Å². The van der Waals surface area contributed by atoms with Crippen LogP contribution in [0.5, 0.6) is 11.5 Å². The van der Waals surface area contributed by atoms with E-state index in [1.165, 1.54) is 5.56 Å². The van der Waals surface area contributed by atoms with Gasteiger partial charge in [0.2, 0.25) is 5.95 Å². The van der Waals surface area contributed by atoms with Crippen molar-refractivity contribution in [1.82, 2.24) is 14.9 Å². The highest BCUT2D eigenvalue weighted by Gasteiger charge is 2.24. The second-order valence-electron chi connectivity index (χ2n) is 6.15. The van der Waals surface area contributed by atoms with Gasteiger partial charge in [0.1, 0.15) is 13.2 Å². The molecule has 6 nitrogen and oxygen atoms in total. The molecule has 0 bridgehead atoms. The van der Waals surface area contributed by atoms with Gasteiger partial charge < -0.3 is 14.4 Å². The topological polar surface area (TPSA) is 50.7 Å². The number of anilines is 1. The SMILES string of the molecule is C[C@@H](c1ccc2c(c1)OCCO2)N1CCN(c2ncccn2)CC1. The zero-order valence-corrected chi connectivity index (χ0v) is 13.9. The van der Waals surface area contributed by atoms with Gasteiger partial charge in [-0.15, -0.1) is 0 Å². The molecule has 2 aromatic rings. The molecular weight excluding hydrogens is 304 g/mol. The van der Waals surface area contributed by atoms with Crippen LogP contribution in [0, 0.1) is 0 Å². The second-order valence-corrected chi connectivity index (χ2v) is 6.15. The molecule has 2 aliphatic heterocycles. The Morgan fingerprint density at radius 3 is 2.42 bits per heavy atom. The first kappa shape index (κ1) is 15.2. The Morgan fingerprint density at radius 2 is 1.67 bits per heavy atom. The molecule has 0 saturated carbocycles. The Bertz CT molecular complexity index is 687. The Morgan fingerprint density at radius 1 is 0.958 bits per heavy atom. The summed E-state index contributed by atoms with van der Waals surface area (Å²) in [5, 5.41) is 0. The third-order valence-corrected chi connectivity index (χ3v) is 4.75. The lowest BCUT2D eigenvalue weighted by atomic mass is 10.1. The zero-order chi connectivity index (χ0) is 16.4. The van der Waals surface area contributed by atoms with E-state index in [-0.39, 0.29) is 0 Å². The van der Waals surface area contributed by atoms with Crippen LogP contribution in [-0.4, -0.2) is 54.3 Å². The average Bonchev–Trinajstić information content (AvgIpc) is 2.68. The fourth-order valence-electron chi connectivity index (χ4n) is 3.29. The van der Waals surface area contributed by atoms with Crippen molar-refractivity contribution >= 4 is 5.95 Å². The Labute approximate surface area is 142 Å². The molecule has 3 heterocycles. The fraction of sp³-hybridized carbons (Fsp3) is 0.444. The highest BCUT2D eigenvalue weighted by molar-refractivity contribution is 5.44. The molecule has 0 unspecified atom stereocenters. The summed E-state index contributed by atoms with van der Waals surface area (Å²) in [6, 6.07) is 8.48. The molecule has 1 aromatic heterocycles. The van der Waals surface area contributed by atoms with Gasteiger partial charge >= 0.3 is 0 Å². The molecule has 1 atom stereocenters. The van der Waals surface area contributed by atoms with E-state index in [0.29, 0.717) is 19.3 Å². The number of hydrogen-bond donors (Lipinski definition) is 0. The van der Waals surface area contributed by atoms with Crippen LogP contribution >= 0.6 is 0 Å². The molecule has 6 heteroatoms. The van der Waals surface area contributed by atoms with E-state index < -0.39 is 0 Å². The molecule has 126 valence electrons. The number of hydrogen-bond acceptors (Lipinski definition) is 6. The molecule has 4 rings (SSSR count). The molecule has 1 fully saturated rings. The largest absolute Gasteiger partial charge is 0.486 e. The number of fused-ring (bicyclic) bond motifs is 1. The van der Waals surface area contributed by atoms with E-state index in [2.05, 4.69) is 38.8 Å². The van der Waals surface area contributed by atoms with E-state index in [0.717, 1.165) is 43.6 Å². The van der Waals surface area contributed by atoms with Gasteiger partial charge in [0, 0.05) is 44.6 Å². The lowest BCUT2D eigenvalue weighted by molar-refractivity contribution is 0.169. The Balaban J connectivity index is 1.42. The van der Waals surface area contributed by atoms with Gasteiger partial charge in [-0.3, -0.25) is 4.90 Å². The van der Waals surface area contributed by atoms with E-state index >= 15 is 0 Å². The van der Waals surface area contributed by atoms with Gasteiger partial charge in [0.15, 0.2) is 11.5 Å². The summed E-state index contributed by atoms with van der Waals surface area (Å²) in [7, 11) is 0. The first-order chi connectivity index (χ1) is 11.8. The monoisotopic (exact) mass is 326 g/mol. The highest BCUT2D eigenvalue weighted by atomic mass is 16.6. The Kier molecular flexibility index (Phi) is 4.21. The number of ether oxygens (including phenoxy) is 2. The van der Waals surface area contributed by atoms with Crippen LogP contribution < -0.4 is 14.4 Å². The van der Waals surface area contributed by atoms with Crippen LogP contribution in [0.4, 0.5) is 5.95 Å². The molecule has 0 radical (unpaired) electrons. The van der Waals surface area contributed by atoms with Crippen molar-refractivity contribution in [3.8, 4) is 11.5 Å². The number of nitrogens with zero attached hydrogens (tertiary/aromatic N) is 4. The van der Waals surface area contributed by atoms with Crippen molar-refractivity contribution < 1.29 is 9.47 Å². The molecule has 2 aliphatic rings. The number of rotatable bonds is 3. The van der Waals surface area contributed by atoms with Crippen molar-refractivity contribution in [3.05, 3.63) is 42.2 Å². The van der Waals surface area contributed by atoms with Gasteiger partial charge in [0.25, 0.3) is 0 Å². The van der Waals surface area contributed by atoms with Crippen LogP contribution in [0.25, 0.3) is 0 Å². The lowest BCUT2D eigenvalue weighted by Crippen LogP contribution is -2.47. The van der Waals surface area contributed by atoms with Crippen molar-refractivity contribution in [3.63, 3.8) is 0 Å². The molecular formula is C18H22N4O2. The van der Waals surface area contributed by atoms with Crippen molar-refractivity contribution in [1.29, 1.82) is 0 Å². The molecule has 1 aromatic carbocycles. The molecule has 0 aliphatic carbocycles. The van der Waals surface area contributed by atoms with Gasteiger partial charge in [-0.25, -0.2) is 9.97 Å². The Hall–Kier alpha value is -2.34. The maximum Gasteiger partial charge on any atom is 0.225 e. The summed E-state index contributed by atoms with van der Waals surface area (Å²) in [6.45, 7) is 7.38. The van der Waals surface area contributed by atoms with E-state index in [1.54, 1.807) is 12.4 Å². The maximum absolute atomic E-state index is 5.71. The zero-order valence-electron chi connectivity index (χ0n) is 13.9. The van der Waals surface area contributed by atoms with Crippen LogP contribution in [-0.2, 0) is 0 Å². The number of benzene rings is 1. The molecule has 0 amide bonds. The van der Waals surface area contributed by atoms with Gasteiger partial charge in [-0.1, -0.05) is 6.07 Å². The predicted octanol–water partition coefficient (Wildman–Crippen LogP) is 2.13. The standard InChI is InChI=1S/C18H22N4O2/c1-14(15-3-4-16-17(13-15)24-12-11-23-16)21-7-9-22(10-8-21)18-19-5-2-6-20-18/h2-6,13-14H,7-12H2,1H3/t14-/m0/s1. The summed E-state index contributed by atoms with van der Waals surface area (Å²) < 4.78 is 11.3. The minimum Gasteiger partial charge on any atom is -0.486 e. The molecule has 0 N–H and O–H groups in total. The average molecular weight is 326 g/mol. The summed E-state index contributed by atoms with van der Waals surface area (Å²) in [4.78, 5) is 13.4. The van der Waals surface area contributed by atoms with Crippen molar-refractivity contribution in [2.24, 2.45) is 0 Å². The molecule has 0 spiro atoms. The molecule has 1 saturated heterocycles. The van der Waals surface area contributed by atoms with Crippen molar-refractivity contribution in [2.75, 3.05) is 44.3 Å².